The largest absolute Gasteiger partial charge is 0.494 e. The fourth-order valence-electron chi connectivity index (χ4n) is 2.88. The smallest absolute Gasteiger partial charge is 0.269 e. The van der Waals surface area contributed by atoms with Crippen LogP contribution in [0, 0.1) is 0 Å². The number of hydrogen-bond donors (Lipinski definition) is 3. The van der Waals surface area contributed by atoms with Crippen LogP contribution in [0.5, 0.6) is 5.75 Å². The highest BCUT2D eigenvalue weighted by Gasteiger charge is 2.32. The van der Waals surface area contributed by atoms with Crippen LogP contribution < -0.4 is 10.1 Å². The number of carbonyl (C=O) groups is 1. The van der Waals surface area contributed by atoms with Gasteiger partial charge in [-0.3, -0.25) is 14.8 Å². The Morgan fingerprint density at radius 3 is 2.83 bits per heavy atom. The van der Waals surface area contributed by atoms with E-state index < -0.39 is 6.10 Å². The van der Waals surface area contributed by atoms with Gasteiger partial charge in [-0.25, -0.2) is 0 Å². The summed E-state index contributed by atoms with van der Waals surface area (Å²) in [6.07, 6.45) is 0.942. The van der Waals surface area contributed by atoms with Crippen molar-refractivity contribution < 1.29 is 14.6 Å². The summed E-state index contributed by atoms with van der Waals surface area (Å²) in [5.41, 5.74) is 1.54. The molecule has 1 fully saturated rings. The molecule has 1 aromatic carbocycles. The van der Waals surface area contributed by atoms with Crippen LogP contribution in [-0.4, -0.2) is 58.0 Å². The summed E-state index contributed by atoms with van der Waals surface area (Å²) in [5, 5.41) is 19.4. The third-order valence-corrected chi connectivity index (χ3v) is 4.07. The first kappa shape index (κ1) is 16.5. The topological polar surface area (TPSA) is 90.5 Å². The van der Waals surface area contributed by atoms with E-state index in [1.54, 1.807) is 6.07 Å². The average Bonchev–Trinajstić information content (AvgIpc) is 3.20. The molecule has 1 aliphatic heterocycles. The van der Waals surface area contributed by atoms with Gasteiger partial charge in [-0.1, -0.05) is 12.1 Å². The minimum Gasteiger partial charge on any atom is -0.494 e. The van der Waals surface area contributed by atoms with Crippen molar-refractivity contribution in [2.45, 2.75) is 25.6 Å². The third-order valence-electron chi connectivity index (χ3n) is 4.07. The number of aliphatic hydroxyl groups excluding tert-OH is 1. The molecular weight excluding hydrogens is 308 g/mol. The predicted octanol–water partition coefficient (Wildman–Crippen LogP) is 0.783. The van der Waals surface area contributed by atoms with Gasteiger partial charge in [0.05, 0.1) is 18.8 Å². The molecule has 2 atom stereocenters. The molecule has 1 aromatic heterocycles. The number of aromatic nitrogens is 2. The SMILES string of the molecule is CCOc1ccc(CN2C[C@@H](O)[C@H](NC(=O)c3ccn[nH]3)C2)cc1. The van der Waals surface area contributed by atoms with E-state index in [1.165, 1.54) is 6.20 Å². The van der Waals surface area contributed by atoms with Crippen molar-refractivity contribution >= 4 is 5.91 Å². The molecule has 1 amide bonds. The number of benzene rings is 1. The Balaban J connectivity index is 1.54. The van der Waals surface area contributed by atoms with E-state index in [-0.39, 0.29) is 11.9 Å². The van der Waals surface area contributed by atoms with Gasteiger partial charge in [0.2, 0.25) is 0 Å². The molecule has 2 aromatic rings. The Morgan fingerprint density at radius 2 is 2.17 bits per heavy atom. The quantitative estimate of drug-likeness (QED) is 0.728. The molecule has 7 heteroatoms. The third kappa shape index (κ3) is 3.93. The highest BCUT2D eigenvalue weighted by atomic mass is 16.5. The van der Waals surface area contributed by atoms with Crippen LogP contribution in [-0.2, 0) is 6.54 Å². The van der Waals surface area contributed by atoms with Crippen molar-refractivity contribution in [3.63, 3.8) is 0 Å². The number of likely N-dealkylation sites (tertiary alicyclic amines) is 1. The molecule has 3 rings (SSSR count). The summed E-state index contributed by atoms with van der Waals surface area (Å²) in [6.45, 7) is 4.46. The van der Waals surface area contributed by atoms with Crippen LogP contribution >= 0.6 is 0 Å². The van der Waals surface area contributed by atoms with Crippen LogP contribution in [0.3, 0.4) is 0 Å². The summed E-state index contributed by atoms with van der Waals surface area (Å²) in [5.74, 6) is 0.604. The number of aliphatic hydroxyl groups is 1. The van der Waals surface area contributed by atoms with E-state index in [0.29, 0.717) is 25.4 Å². The molecule has 0 radical (unpaired) electrons. The van der Waals surface area contributed by atoms with E-state index >= 15 is 0 Å². The van der Waals surface area contributed by atoms with E-state index in [2.05, 4.69) is 20.4 Å². The van der Waals surface area contributed by atoms with Crippen molar-refractivity contribution in [2.75, 3.05) is 19.7 Å². The number of amides is 1. The number of rotatable bonds is 6. The van der Waals surface area contributed by atoms with Crippen LogP contribution in [0.25, 0.3) is 0 Å². The minimum atomic E-state index is -0.584. The lowest BCUT2D eigenvalue weighted by Gasteiger charge is -2.16. The Morgan fingerprint density at radius 1 is 1.38 bits per heavy atom. The summed E-state index contributed by atoms with van der Waals surface area (Å²) < 4.78 is 5.43. The van der Waals surface area contributed by atoms with Crippen LogP contribution in [0.15, 0.2) is 36.5 Å². The standard InChI is InChI=1S/C17H22N4O3/c1-2-24-13-5-3-12(4-6-13)9-21-10-15(16(22)11-21)19-17(23)14-7-8-18-20-14/h3-8,15-16,22H,2,9-11H2,1H3,(H,18,20)(H,19,23)/t15-,16-/m1/s1. The number of β-amino-alcohol motifs (C(OH)–C–C–N with tert-alkyl or cyclic N) is 1. The fourth-order valence-corrected chi connectivity index (χ4v) is 2.88. The molecule has 0 spiro atoms. The van der Waals surface area contributed by atoms with Crippen molar-refractivity contribution in [1.29, 1.82) is 0 Å². The van der Waals surface area contributed by atoms with Gasteiger partial charge in [-0.05, 0) is 30.7 Å². The fraction of sp³-hybridized carbons (Fsp3) is 0.412. The number of H-pyrrole nitrogens is 1. The van der Waals surface area contributed by atoms with Gasteiger partial charge in [0.1, 0.15) is 11.4 Å². The zero-order valence-corrected chi connectivity index (χ0v) is 13.6. The second-order valence-corrected chi connectivity index (χ2v) is 5.89. The van der Waals surface area contributed by atoms with Gasteiger partial charge in [-0.15, -0.1) is 0 Å². The molecular formula is C17H22N4O3. The van der Waals surface area contributed by atoms with Crippen molar-refractivity contribution in [1.82, 2.24) is 20.4 Å². The van der Waals surface area contributed by atoms with Crippen molar-refractivity contribution in [3.8, 4) is 5.75 Å². The van der Waals surface area contributed by atoms with Gasteiger partial charge in [0.25, 0.3) is 5.91 Å². The number of ether oxygens (including phenoxy) is 1. The second-order valence-electron chi connectivity index (χ2n) is 5.89. The Bertz CT molecular complexity index is 657. The van der Waals surface area contributed by atoms with Crippen LogP contribution in [0.4, 0.5) is 0 Å². The molecule has 7 nitrogen and oxygen atoms in total. The summed E-state index contributed by atoms with van der Waals surface area (Å²) in [6, 6.07) is 9.26. The minimum absolute atomic E-state index is 0.250. The zero-order chi connectivity index (χ0) is 16.9. The molecule has 0 bridgehead atoms. The molecule has 2 heterocycles. The monoisotopic (exact) mass is 330 g/mol. The average molecular weight is 330 g/mol. The molecule has 0 unspecified atom stereocenters. The Hall–Kier alpha value is -2.38. The second kappa shape index (κ2) is 7.46. The highest BCUT2D eigenvalue weighted by molar-refractivity contribution is 5.92. The van der Waals surface area contributed by atoms with E-state index in [0.717, 1.165) is 17.9 Å². The number of hydrogen-bond acceptors (Lipinski definition) is 5. The molecule has 0 aliphatic carbocycles. The van der Waals surface area contributed by atoms with Gasteiger partial charge >= 0.3 is 0 Å². The van der Waals surface area contributed by atoms with Crippen molar-refractivity contribution in [3.05, 3.63) is 47.8 Å². The Kier molecular flexibility index (Phi) is 5.12. The van der Waals surface area contributed by atoms with E-state index in [1.807, 2.05) is 31.2 Å². The first-order valence-electron chi connectivity index (χ1n) is 8.08. The molecule has 0 saturated carbocycles. The first-order valence-corrected chi connectivity index (χ1v) is 8.08. The number of nitrogens with zero attached hydrogens (tertiary/aromatic N) is 2. The molecule has 3 N–H and O–H groups in total. The van der Waals surface area contributed by atoms with Crippen molar-refractivity contribution in [2.24, 2.45) is 0 Å². The summed E-state index contributed by atoms with van der Waals surface area (Å²) in [4.78, 5) is 14.2. The normalized spacial score (nSPS) is 20.9. The van der Waals surface area contributed by atoms with Gasteiger partial charge in [0.15, 0.2) is 0 Å². The number of nitrogens with one attached hydrogen (secondary N) is 2. The van der Waals surface area contributed by atoms with Crippen LogP contribution in [0.2, 0.25) is 0 Å². The lowest BCUT2D eigenvalue weighted by Crippen LogP contribution is -2.42. The summed E-state index contributed by atoms with van der Waals surface area (Å²) >= 11 is 0. The lowest BCUT2D eigenvalue weighted by atomic mass is 10.2. The molecule has 1 saturated heterocycles. The van der Waals surface area contributed by atoms with Gasteiger partial charge in [-0.2, -0.15) is 5.10 Å². The maximum atomic E-state index is 12.0. The first-order chi connectivity index (χ1) is 11.7. The Labute approximate surface area is 140 Å². The summed E-state index contributed by atoms with van der Waals surface area (Å²) in [7, 11) is 0. The van der Waals surface area contributed by atoms with E-state index in [4.69, 9.17) is 4.74 Å². The number of aromatic amines is 1. The maximum Gasteiger partial charge on any atom is 0.269 e. The van der Waals surface area contributed by atoms with Gasteiger partial charge < -0.3 is 15.2 Å². The highest BCUT2D eigenvalue weighted by Crippen LogP contribution is 2.17. The molecule has 128 valence electrons. The van der Waals surface area contributed by atoms with E-state index in [9.17, 15) is 9.90 Å². The predicted molar refractivity (Wildman–Crippen MR) is 88.7 cm³/mol. The van der Waals surface area contributed by atoms with Gasteiger partial charge in [0, 0.05) is 25.8 Å². The lowest BCUT2D eigenvalue weighted by molar-refractivity contribution is 0.0883. The zero-order valence-electron chi connectivity index (χ0n) is 13.6. The molecule has 24 heavy (non-hydrogen) atoms. The maximum absolute atomic E-state index is 12.0. The van der Waals surface area contributed by atoms with Crippen LogP contribution in [0.1, 0.15) is 23.0 Å². The molecule has 1 aliphatic rings. The number of carbonyl (C=O) groups excluding carboxylic acids is 1.